The van der Waals surface area contributed by atoms with Crippen molar-refractivity contribution in [2.45, 2.75) is 5.92 Å². The van der Waals surface area contributed by atoms with Gasteiger partial charge in [-0.1, -0.05) is 6.07 Å². The van der Waals surface area contributed by atoms with Crippen LogP contribution in [-0.4, -0.2) is 32.8 Å². The van der Waals surface area contributed by atoms with Crippen molar-refractivity contribution in [3.05, 3.63) is 41.5 Å². The first kappa shape index (κ1) is 13.1. The van der Waals surface area contributed by atoms with Crippen molar-refractivity contribution in [2.75, 3.05) is 6.61 Å². The van der Waals surface area contributed by atoms with Gasteiger partial charge in [0.25, 0.3) is 0 Å². The molecule has 0 saturated heterocycles. The van der Waals surface area contributed by atoms with Gasteiger partial charge in [-0.3, -0.25) is 4.79 Å². The Bertz CT molecular complexity index is 737. The van der Waals surface area contributed by atoms with E-state index < -0.39 is 11.7 Å². The number of phenolic OH excluding ortho intramolecular Hbond substituents is 4. The van der Waals surface area contributed by atoms with Crippen LogP contribution in [0.3, 0.4) is 0 Å². The Labute approximate surface area is 119 Å². The van der Waals surface area contributed by atoms with Crippen molar-refractivity contribution < 1.29 is 30.0 Å². The Morgan fingerprint density at radius 2 is 1.67 bits per heavy atom. The number of benzene rings is 2. The number of fused-ring (bicyclic) bond motifs is 1. The third kappa shape index (κ3) is 2.10. The molecule has 1 aliphatic heterocycles. The van der Waals surface area contributed by atoms with Crippen molar-refractivity contribution in [1.29, 1.82) is 0 Å². The van der Waals surface area contributed by atoms with E-state index in [1.165, 1.54) is 18.2 Å². The molecule has 4 N–H and O–H groups in total. The molecular weight excluding hydrogens is 276 g/mol. The topological polar surface area (TPSA) is 107 Å². The molecule has 0 spiro atoms. The fourth-order valence-electron chi connectivity index (χ4n) is 2.43. The minimum Gasteiger partial charge on any atom is -0.508 e. The standard InChI is InChI=1S/C15H12O6/c16-7-1-2-9(11(18)3-7)10-6-21-13-5-8(17)4-12(19)14(13)15(10)20/h1-5,10,16-19H,6H2/t10-/m1/s1. The Morgan fingerprint density at radius 1 is 0.952 bits per heavy atom. The maximum atomic E-state index is 12.5. The number of rotatable bonds is 1. The molecule has 108 valence electrons. The molecule has 0 amide bonds. The second-order valence-corrected chi connectivity index (χ2v) is 4.81. The monoisotopic (exact) mass is 288 g/mol. The molecule has 2 aromatic carbocycles. The molecule has 1 atom stereocenters. The van der Waals surface area contributed by atoms with Gasteiger partial charge in [-0.15, -0.1) is 0 Å². The lowest BCUT2D eigenvalue weighted by molar-refractivity contribution is 0.0890. The number of carbonyl (C=O) groups excluding carboxylic acids is 1. The third-order valence-corrected chi connectivity index (χ3v) is 3.42. The van der Waals surface area contributed by atoms with Crippen molar-refractivity contribution in [2.24, 2.45) is 0 Å². The van der Waals surface area contributed by atoms with Gasteiger partial charge in [-0.05, 0) is 6.07 Å². The van der Waals surface area contributed by atoms with Crippen LogP contribution in [0.5, 0.6) is 28.7 Å². The van der Waals surface area contributed by atoms with Crippen LogP contribution in [0.2, 0.25) is 0 Å². The van der Waals surface area contributed by atoms with Crippen LogP contribution in [-0.2, 0) is 0 Å². The van der Waals surface area contributed by atoms with E-state index >= 15 is 0 Å². The molecule has 0 fully saturated rings. The fraction of sp³-hybridized carbons (Fsp3) is 0.133. The van der Waals surface area contributed by atoms with Crippen molar-refractivity contribution >= 4 is 5.78 Å². The van der Waals surface area contributed by atoms with Gasteiger partial charge in [0.1, 0.15) is 40.9 Å². The van der Waals surface area contributed by atoms with E-state index in [-0.39, 0.29) is 40.9 Å². The second kappa shape index (κ2) is 4.59. The Morgan fingerprint density at radius 3 is 2.38 bits per heavy atom. The van der Waals surface area contributed by atoms with Crippen molar-refractivity contribution in [3.8, 4) is 28.7 Å². The van der Waals surface area contributed by atoms with E-state index in [0.717, 1.165) is 12.1 Å². The highest BCUT2D eigenvalue weighted by Crippen LogP contribution is 2.42. The average Bonchev–Trinajstić information content (AvgIpc) is 2.39. The smallest absolute Gasteiger partial charge is 0.181 e. The van der Waals surface area contributed by atoms with Gasteiger partial charge in [-0.25, -0.2) is 0 Å². The number of carbonyl (C=O) groups is 1. The maximum Gasteiger partial charge on any atom is 0.181 e. The van der Waals surface area contributed by atoms with Crippen LogP contribution in [0.1, 0.15) is 21.8 Å². The highest BCUT2D eigenvalue weighted by molar-refractivity contribution is 6.06. The van der Waals surface area contributed by atoms with E-state index in [1.807, 2.05) is 0 Å². The van der Waals surface area contributed by atoms with E-state index in [9.17, 15) is 25.2 Å². The molecule has 1 aliphatic rings. The molecular formula is C15H12O6. The number of Topliss-reactive ketones (excluding diaryl/α,β-unsaturated/α-hetero) is 1. The van der Waals surface area contributed by atoms with Crippen LogP contribution >= 0.6 is 0 Å². The zero-order valence-electron chi connectivity index (χ0n) is 10.8. The average molecular weight is 288 g/mol. The first-order valence-electron chi connectivity index (χ1n) is 6.22. The summed E-state index contributed by atoms with van der Waals surface area (Å²) in [7, 11) is 0. The summed E-state index contributed by atoms with van der Waals surface area (Å²) in [6.45, 7) is -0.0347. The summed E-state index contributed by atoms with van der Waals surface area (Å²) in [5.74, 6) is -2.04. The van der Waals surface area contributed by atoms with Crippen LogP contribution in [0.4, 0.5) is 0 Å². The summed E-state index contributed by atoms with van der Waals surface area (Å²) >= 11 is 0. The zero-order chi connectivity index (χ0) is 15.1. The molecule has 3 rings (SSSR count). The molecule has 21 heavy (non-hydrogen) atoms. The molecule has 0 saturated carbocycles. The number of ether oxygens (including phenoxy) is 1. The third-order valence-electron chi connectivity index (χ3n) is 3.42. The number of hydrogen-bond acceptors (Lipinski definition) is 6. The van der Waals surface area contributed by atoms with Gasteiger partial charge in [0.15, 0.2) is 5.78 Å². The van der Waals surface area contributed by atoms with Gasteiger partial charge in [0, 0.05) is 23.8 Å². The van der Waals surface area contributed by atoms with Gasteiger partial charge in [0.05, 0.1) is 5.92 Å². The molecule has 0 bridgehead atoms. The van der Waals surface area contributed by atoms with Crippen LogP contribution in [0.15, 0.2) is 30.3 Å². The molecule has 0 unspecified atom stereocenters. The first-order chi connectivity index (χ1) is 9.97. The van der Waals surface area contributed by atoms with Crippen LogP contribution in [0.25, 0.3) is 0 Å². The number of aromatic hydroxyl groups is 4. The molecule has 2 aromatic rings. The lowest BCUT2D eigenvalue weighted by Crippen LogP contribution is -2.26. The Hall–Kier alpha value is -2.89. The van der Waals surface area contributed by atoms with E-state index in [0.29, 0.717) is 5.56 Å². The van der Waals surface area contributed by atoms with Gasteiger partial charge < -0.3 is 25.2 Å². The summed E-state index contributed by atoms with van der Waals surface area (Å²) in [4.78, 5) is 12.5. The lowest BCUT2D eigenvalue weighted by Gasteiger charge is -2.25. The molecule has 6 nitrogen and oxygen atoms in total. The summed E-state index contributed by atoms with van der Waals surface area (Å²) in [5, 5.41) is 38.4. The molecule has 0 radical (unpaired) electrons. The van der Waals surface area contributed by atoms with Crippen LogP contribution in [0, 0.1) is 0 Å². The summed E-state index contributed by atoms with van der Waals surface area (Å²) in [6, 6.07) is 6.22. The second-order valence-electron chi connectivity index (χ2n) is 4.81. The number of phenols is 4. The number of hydrogen-bond donors (Lipinski definition) is 4. The molecule has 0 aliphatic carbocycles. The molecule has 0 aromatic heterocycles. The van der Waals surface area contributed by atoms with Gasteiger partial charge >= 0.3 is 0 Å². The minimum atomic E-state index is -0.798. The lowest BCUT2D eigenvalue weighted by atomic mass is 9.88. The summed E-state index contributed by atoms with van der Waals surface area (Å²) < 4.78 is 5.39. The summed E-state index contributed by atoms with van der Waals surface area (Å²) in [6.07, 6.45) is 0. The predicted molar refractivity (Wildman–Crippen MR) is 72.1 cm³/mol. The largest absolute Gasteiger partial charge is 0.508 e. The maximum absolute atomic E-state index is 12.5. The van der Waals surface area contributed by atoms with E-state index in [4.69, 9.17) is 4.74 Å². The Kier molecular flexibility index (Phi) is 2.86. The Balaban J connectivity index is 2.07. The quantitative estimate of drug-likeness (QED) is 0.638. The van der Waals surface area contributed by atoms with E-state index in [2.05, 4.69) is 0 Å². The van der Waals surface area contributed by atoms with Crippen molar-refractivity contribution in [3.63, 3.8) is 0 Å². The van der Waals surface area contributed by atoms with Gasteiger partial charge in [0.2, 0.25) is 0 Å². The first-order valence-corrected chi connectivity index (χ1v) is 6.22. The van der Waals surface area contributed by atoms with E-state index in [1.54, 1.807) is 0 Å². The summed E-state index contributed by atoms with van der Waals surface area (Å²) in [5.41, 5.74) is 0.271. The molecule has 6 heteroatoms. The van der Waals surface area contributed by atoms with Gasteiger partial charge in [-0.2, -0.15) is 0 Å². The fourth-order valence-corrected chi connectivity index (χ4v) is 2.43. The molecule has 1 heterocycles. The normalized spacial score (nSPS) is 17.1. The van der Waals surface area contributed by atoms with Crippen molar-refractivity contribution in [1.82, 2.24) is 0 Å². The number of ketones is 1. The van der Waals surface area contributed by atoms with Crippen LogP contribution < -0.4 is 4.74 Å². The zero-order valence-corrected chi connectivity index (χ0v) is 10.8. The SMILES string of the molecule is O=C1c2c(O)cc(O)cc2OC[C@@H]1c1ccc(O)cc1O. The highest BCUT2D eigenvalue weighted by atomic mass is 16.5. The highest BCUT2D eigenvalue weighted by Gasteiger charge is 2.34. The minimum absolute atomic E-state index is 0.0310. The predicted octanol–water partition coefficient (Wildman–Crippen LogP) is 1.87.